The first kappa shape index (κ1) is 12.9. The van der Waals surface area contributed by atoms with E-state index in [1.54, 1.807) is 0 Å². The van der Waals surface area contributed by atoms with Gasteiger partial charge in [-0.3, -0.25) is 4.90 Å². The molecule has 0 radical (unpaired) electrons. The molecule has 0 N–H and O–H groups in total. The number of halogens is 1. The number of rotatable bonds is 2. The van der Waals surface area contributed by atoms with Crippen molar-refractivity contribution in [3.8, 4) is 0 Å². The average molecular weight is 252 g/mol. The molecule has 1 heterocycles. The fourth-order valence-corrected chi connectivity index (χ4v) is 2.99. The number of hydrogen-bond acceptors (Lipinski definition) is 1. The zero-order valence-electron chi connectivity index (χ0n) is 11.1. The Bertz CT molecular complexity index is 398. The summed E-state index contributed by atoms with van der Waals surface area (Å²) < 4.78 is 0. The summed E-state index contributed by atoms with van der Waals surface area (Å²) >= 11 is 6.38. The van der Waals surface area contributed by atoms with Gasteiger partial charge in [-0.1, -0.05) is 38.4 Å². The number of nitrogens with zero attached hydrogens (tertiary/aromatic N) is 1. The van der Waals surface area contributed by atoms with Crippen LogP contribution in [-0.2, 0) is 13.0 Å². The molecule has 1 nitrogen and oxygen atoms in total. The number of fused-ring (bicyclic) bond motifs is 1. The van der Waals surface area contributed by atoms with Crippen LogP contribution in [0.4, 0.5) is 0 Å². The molecule has 17 heavy (non-hydrogen) atoms. The van der Waals surface area contributed by atoms with Crippen LogP contribution >= 0.6 is 11.6 Å². The lowest BCUT2D eigenvalue weighted by Gasteiger charge is -2.19. The quantitative estimate of drug-likeness (QED) is 0.760. The summed E-state index contributed by atoms with van der Waals surface area (Å²) in [6.45, 7) is 10.0. The van der Waals surface area contributed by atoms with Gasteiger partial charge < -0.3 is 0 Å². The highest BCUT2D eigenvalue weighted by Crippen LogP contribution is 2.30. The monoisotopic (exact) mass is 251 g/mol. The van der Waals surface area contributed by atoms with Gasteiger partial charge in [-0.05, 0) is 54.6 Å². The molecule has 1 aromatic rings. The van der Waals surface area contributed by atoms with Crippen molar-refractivity contribution in [3.63, 3.8) is 0 Å². The van der Waals surface area contributed by atoms with Crippen LogP contribution in [0.5, 0.6) is 0 Å². The van der Waals surface area contributed by atoms with E-state index >= 15 is 0 Å². The molecule has 1 aliphatic rings. The second-order valence-corrected chi connectivity index (χ2v) is 5.68. The minimum absolute atomic E-state index is 0.512. The smallest absolute Gasteiger partial charge is 0.0444 e. The van der Waals surface area contributed by atoms with Crippen LogP contribution < -0.4 is 0 Å². The summed E-state index contributed by atoms with van der Waals surface area (Å²) in [5.41, 5.74) is 4.24. The standard InChI is InChI=1S/C15H22ClN/c1-4-17-7-5-6-12-8-14(11(2)3)15(16)9-13(12)10-17/h8-9,11H,4-7,10H2,1-3H3. The highest BCUT2D eigenvalue weighted by molar-refractivity contribution is 6.31. The van der Waals surface area contributed by atoms with Gasteiger partial charge in [0.25, 0.3) is 0 Å². The van der Waals surface area contributed by atoms with E-state index in [1.165, 1.54) is 36.1 Å². The topological polar surface area (TPSA) is 3.24 Å². The first-order chi connectivity index (χ1) is 8.11. The summed E-state index contributed by atoms with van der Waals surface area (Å²) in [5, 5.41) is 0.941. The maximum Gasteiger partial charge on any atom is 0.0444 e. The fraction of sp³-hybridized carbons (Fsp3) is 0.600. The predicted molar refractivity (Wildman–Crippen MR) is 74.8 cm³/mol. The van der Waals surface area contributed by atoms with Crippen LogP contribution in [0.3, 0.4) is 0 Å². The van der Waals surface area contributed by atoms with E-state index in [4.69, 9.17) is 11.6 Å². The molecule has 0 saturated carbocycles. The summed E-state index contributed by atoms with van der Waals surface area (Å²) in [4.78, 5) is 2.50. The van der Waals surface area contributed by atoms with E-state index in [9.17, 15) is 0 Å². The maximum absolute atomic E-state index is 6.38. The molecule has 0 spiro atoms. The summed E-state index contributed by atoms with van der Waals surface area (Å²) in [6.07, 6.45) is 2.46. The highest BCUT2D eigenvalue weighted by Gasteiger charge is 2.16. The van der Waals surface area contributed by atoms with Crippen LogP contribution in [0, 0.1) is 0 Å². The third-order valence-corrected chi connectivity index (χ3v) is 4.03. The van der Waals surface area contributed by atoms with E-state index in [2.05, 4.69) is 37.8 Å². The van der Waals surface area contributed by atoms with E-state index < -0.39 is 0 Å². The zero-order valence-corrected chi connectivity index (χ0v) is 11.8. The Morgan fingerprint density at radius 2 is 2.06 bits per heavy atom. The maximum atomic E-state index is 6.38. The molecule has 1 aliphatic heterocycles. The van der Waals surface area contributed by atoms with Crippen LogP contribution in [0.25, 0.3) is 0 Å². The molecule has 2 heteroatoms. The lowest BCUT2D eigenvalue weighted by atomic mass is 9.95. The Morgan fingerprint density at radius 1 is 1.29 bits per heavy atom. The normalized spacial score (nSPS) is 17.0. The first-order valence-corrected chi connectivity index (χ1v) is 7.03. The van der Waals surface area contributed by atoms with E-state index in [0.717, 1.165) is 18.1 Å². The van der Waals surface area contributed by atoms with Crippen LogP contribution in [-0.4, -0.2) is 18.0 Å². The molecule has 0 saturated heterocycles. The van der Waals surface area contributed by atoms with Gasteiger partial charge in [0, 0.05) is 11.6 Å². The molecule has 0 bridgehead atoms. The average Bonchev–Trinajstić information content (AvgIpc) is 2.48. The van der Waals surface area contributed by atoms with Crippen molar-refractivity contribution in [2.45, 2.75) is 46.1 Å². The van der Waals surface area contributed by atoms with Gasteiger partial charge in [0.2, 0.25) is 0 Å². The van der Waals surface area contributed by atoms with Crippen molar-refractivity contribution in [2.24, 2.45) is 0 Å². The van der Waals surface area contributed by atoms with Crippen LogP contribution in [0.2, 0.25) is 5.02 Å². The third kappa shape index (κ3) is 2.83. The fourth-order valence-electron chi connectivity index (χ4n) is 2.58. The lowest BCUT2D eigenvalue weighted by molar-refractivity contribution is 0.284. The molecule has 94 valence electrons. The van der Waals surface area contributed by atoms with Crippen molar-refractivity contribution in [2.75, 3.05) is 13.1 Å². The second-order valence-electron chi connectivity index (χ2n) is 5.27. The summed E-state index contributed by atoms with van der Waals surface area (Å²) in [6, 6.07) is 4.53. The largest absolute Gasteiger partial charge is 0.299 e. The second kappa shape index (κ2) is 5.41. The number of hydrogen-bond donors (Lipinski definition) is 0. The van der Waals surface area contributed by atoms with Gasteiger partial charge >= 0.3 is 0 Å². The van der Waals surface area contributed by atoms with Crippen molar-refractivity contribution in [1.82, 2.24) is 4.90 Å². The van der Waals surface area contributed by atoms with Gasteiger partial charge in [0.15, 0.2) is 0 Å². The van der Waals surface area contributed by atoms with Crippen LogP contribution in [0.15, 0.2) is 12.1 Å². The lowest BCUT2D eigenvalue weighted by Crippen LogP contribution is -2.22. The minimum Gasteiger partial charge on any atom is -0.299 e. The molecule has 0 unspecified atom stereocenters. The molecular formula is C15H22ClN. The van der Waals surface area contributed by atoms with E-state index in [0.29, 0.717) is 5.92 Å². The summed E-state index contributed by atoms with van der Waals surface area (Å²) in [7, 11) is 0. The van der Waals surface area contributed by atoms with Crippen molar-refractivity contribution >= 4 is 11.6 Å². The Labute approximate surface area is 110 Å². The van der Waals surface area contributed by atoms with Crippen LogP contribution in [0.1, 0.15) is 49.8 Å². The van der Waals surface area contributed by atoms with Gasteiger partial charge in [-0.25, -0.2) is 0 Å². The van der Waals surface area contributed by atoms with Gasteiger partial charge in [-0.2, -0.15) is 0 Å². The molecule has 0 atom stereocenters. The molecule has 0 amide bonds. The molecular weight excluding hydrogens is 230 g/mol. The Morgan fingerprint density at radius 3 is 2.71 bits per heavy atom. The summed E-state index contributed by atoms with van der Waals surface area (Å²) in [5.74, 6) is 0.512. The van der Waals surface area contributed by atoms with Gasteiger partial charge in [-0.15, -0.1) is 0 Å². The molecule has 0 aliphatic carbocycles. The molecule has 1 aromatic carbocycles. The number of aryl methyl sites for hydroxylation is 1. The zero-order chi connectivity index (χ0) is 12.4. The Balaban J connectivity index is 2.36. The molecule has 0 fully saturated rings. The molecule has 0 aromatic heterocycles. The van der Waals surface area contributed by atoms with Crippen molar-refractivity contribution < 1.29 is 0 Å². The predicted octanol–water partition coefficient (Wildman–Crippen LogP) is 4.23. The third-order valence-electron chi connectivity index (χ3n) is 3.70. The van der Waals surface area contributed by atoms with E-state index in [1.807, 2.05) is 0 Å². The van der Waals surface area contributed by atoms with Gasteiger partial charge in [0.1, 0.15) is 0 Å². The number of benzene rings is 1. The Kier molecular flexibility index (Phi) is 4.11. The minimum atomic E-state index is 0.512. The highest BCUT2D eigenvalue weighted by atomic mass is 35.5. The first-order valence-electron chi connectivity index (χ1n) is 6.65. The van der Waals surface area contributed by atoms with E-state index in [-0.39, 0.29) is 0 Å². The Hall–Kier alpha value is -0.530. The van der Waals surface area contributed by atoms with Crippen molar-refractivity contribution in [1.29, 1.82) is 0 Å². The SMILES string of the molecule is CCN1CCCc2cc(C(C)C)c(Cl)cc2C1. The van der Waals surface area contributed by atoms with Gasteiger partial charge in [0.05, 0.1) is 0 Å². The van der Waals surface area contributed by atoms with Crippen molar-refractivity contribution in [3.05, 3.63) is 33.8 Å². The molecule has 2 rings (SSSR count).